The second kappa shape index (κ2) is 19.0. The fraction of sp³-hybridized carbons (Fsp3) is 0.750. The standard InChI is InChI=1S/C44H66O13/c1-9-25(2)39-28(5)15-16-43(57-39)22-33-20-32(56-43)14-13-27(4)38(55-36-21-35(49-8)40(30(7)53-36)52-24-50-18-17-45)26(3)11-10-12-31-23-51-41-37(46)29(6)19-34(42(47)54-33)44(31,41)48/h10-13,15-16,19,25-26,28,30,32-41,45-46,48H,9,14,17-18,20-24H2,1-8H3/t25?,26?,28-,30-,32+,33-,34-,35-,36?,37+,38-,39+,40-,41+,43+,44+/m0/s1. The normalized spacial score (nSPS) is 43.2. The first kappa shape index (κ1) is 44.3. The molecule has 320 valence electrons. The number of ether oxygens (including phenoxy) is 9. The number of hydrogen-bond acceptors (Lipinski definition) is 13. The highest BCUT2D eigenvalue weighted by molar-refractivity contribution is 5.78. The lowest BCUT2D eigenvalue weighted by atomic mass is 9.71. The van der Waals surface area contributed by atoms with Gasteiger partial charge in [-0.2, -0.15) is 0 Å². The Labute approximate surface area is 338 Å². The molecule has 0 aromatic carbocycles. The zero-order valence-corrected chi connectivity index (χ0v) is 34.9. The third kappa shape index (κ3) is 9.55. The van der Waals surface area contributed by atoms with Crippen molar-refractivity contribution < 1.29 is 62.7 Å². The summed E-state index contributed by atoms with van der Waals surface area (Å²) in [5.74, 6) is -2.50. The van der Waals surface area contributed by atoms with E-state index in [1.807, 2.05) is 32.1 Å². The van der Waals surface area contributed by atoms with Gasteiger partial charge in [-0.05, 0) is 55.9 Å². The van der Waals surface area contributed by atoms with E-state index in [0.717, 1.165) is 12.0 Å². The van der Waals surface area contributed by atoms with Gasteiger partial charge in [0.2, 0.25) is 0 Å². The predicted octanol–water partition coefficient (Wildman–Crippen LogP) is 4.83. The SMILES string of the molecule is CCC(C)[C@H]1O[C@]2(C=C[C@@H]1C)C[C@@H]1C[C@@H](CC=C(C)[C@@H](OC3C[C@H](OC)[C@@H](OCOCCO)[C@H](C)O3)C(C)C=CC=C3CO[C@@H]4[C@H](O)C(C)=C[C@@H](C(=O)O1)[C@]34O)O2. The molecule has 3 fully saturated rings. The first-order valence-electron chi connectivity index (χ1n) is 20.9. The molecule has 0 aromatic heterocycles. The maximum absolute atomic E-state index is 14.3. The summed E-state index contributed by atoms with van der Waals surface area (Å²) in [5, 5.41) is 32.7. The van der Waals surface area contributed by atoms with E-state index in [1.54, 1.807) is 26.2 Å². The van der Waals surface area contributed by atoms with Gasteiger partial charge in [-0.15, -0.1) is 0 Å². The summed E-state index contributed by atoms with van der Waals surface area (Å²) < 4.78 is 56.4. The fourth-order valence-electron chi connectivity index (χ4n) is 9.35. The van der Waals surface area contributed by atoms with Gasteiger partial charge >= 0.3 is 5.97 Å². The third-order valence-corrected chi connectivity index (χ3v) is 12.8. The minimum atomic E-state index is -1.82. The Balaban J connectivity index is 1.33. The Morgan fingerprint density at radius 2 is 1.84 bits per heavy atom. The Morgan fingerprint density at radius 3 is 2.58 bits per heavy atom. The molecule has 3 saturated heterocycles. The molecule has 2 bridgehead atoms. The Bertz CT molecular complexity index is 1540. The van der Waals surface area contributed by atoms with Gasteiger partial charge in [0.15, 0.2) is 12.1 Å². The monoisotopic (exact) mass is 802 g/mol. The van der Waals surface area contributed by atoms with Crippen LogP contribution in [0.4, 0.5) is 0 Å². The van der Waals surface area contributed by atoms with Crippen molar-refractivity contribution in [3.63, 3.8) is 0 Å². The van der Waals surface area contributed by atoms with Crippen LogP contribution in [0.25, 0.3) is 0 Å². The number of aliphatic hydroxyl groups is 3. The molecular weight excluding hydrogens is 736 g/mol. The number of fused-ring (bicyclic) bond motifs is 2. The highest BCUT2D eigenvalue weighted by atomic mass is 16.7. The molecule has 3 unspecified atom stereocenters. The van der Waals surface area contributed by atoms with Crippen molar-refractivity contribution in [3.05, 3.63) is 59.3 Å². The molecule has 0 aromatic rings. The lowest BCUT2D eigenvalue weighted by molar-refractivity contribution is -0.300. The summed E-state index contributed by atoms with van der Waals surface area (Å²) in [7, 11) is 1.64. The first-order chi connectivity index (χ1) is 27.2. The summed E-state index contributed by atoms with van der Waals surface area (Å²) in [4.78, 5) is 14.3. The summed E-state index contributed by atoms with van der Waals surface area (Å²) >= 11 is 0. The molecule has 57 heavy (non-hydrogen) atoms. The van der Waals surface area contributed by atoms with Crippen LogP contribution in [0.2, 0.25) is 0 Å². The fourth-order valence-corrected chi connectivity index (χ4v) is 9.35. The lowest BCUT2D eigenvalue weighted by Gasteiger charge is -2.48. The highest BCUT2D eigenvalue weighted by Gasteiger charge is 2.60. The van der Waals surface area contributed by atoms with Crippen molar-refractivity contribution in [2.75, 3.05) is 33.7 Å². The largest absolute Gasteiger partial charge is 0.462 e. The predicted molar refractivity (Wildman–Crippen MR) is 209 cm³/mol. The molecular formula is C44H66O13. The Hall–Kier alpha value is -2.27. The number of allylic oxidation sites excluding steroid dienone is 2. The van der Waals surface area contributed by atoms with Gasteiger partial charge in [-0.1, -0.05) is 70.6 Å². The summed E-state index contributed by atoms with van der Waals surface area (Å²) in [6, 6.07) is 0. The van der Waals surface area contributed by atoms with Gasteiger partial charge in [-0.3, -0.25) is 4.79 Å². The van der Waals surface area contributed by atoms with E-state index in [4.69, 9.17) is 47.7 Å². The van der Waals surface area contributed by atoms with Crippen LogP contribution in [0.1, 0.15) is 80.6 Å². The second-order valence-electron chi connectivity index (χ2n) is 17.0. The van der Waals surface area contributed by atoms with Crippen molar-refractivity contribution in [3.8, 4) is 0 Å². The van der Waals surface area contributed by atoms with Crippen molar-refractivity contribution in [2.45, 2.75) is 153 Å². The molecule has 0 radical (unpaired) electrons. The highest BCUT2D eigenvalue weighted by Crippen LogP contribution is 2.47. The van der Waals surface area contributed by atoms with E-state index < -0.39 is 60.1 Å². The van der Waals surface area contributed by atoms with Gasteiger partial charge < -0.3 is 58.0 Å². The third-order valence-electron chi connectivity index (χ3n) is 12.8. The zero-order chi connectivity index (χ0) is 41.1. The molecule has 5 heterocycles. The van der Waals surface area contributed by atoms with Crippen LogP contribution in [-0.2, 0) is 47.4 Å². The minimum absolute atomic E-state index is 0.00531. The van der Waals surface area contributed by atoms with Crippen LogP contribution in [0.15, 0.2) is 59.3 Å². The molecule has 13 nitrogen and oxygen atoms in total. The molecule has 16 atom stereocenters. The zero-order valence-electron chi connectivity index (χ0n) is 34.9. The number of carbonyl (C=O) groups is 1. The van der Waals surface area contributed by atoms with Gasteiger partial charge in [-0.25, -0.2) is 0 Å². The first-order valence-corrected chi connectivity index (χ1v) is 20.9. The molecule has 5 aliphatic heterocycles. The van der Waals surface area contributed by atoms with Crippen LogP contribution in [0.3, 0.4) is 0 Å². The van der Waals surface area contributed by atoms with E-state index in [1.165, 1.54) is 0 Å². The van der Waals surface area contributed by atoms with E-state index in [2.05, 4.69) is 39.8 Å². The molecule has 13 heteroatoms. The molecule has 6 aliphatic rings. The van der Waals surface area contributed by atoms with Gasteiger partial charge in [0, 0.05) is 38.2 Å². The lowest BCUT2D eigenvalue weighted by Crippen LogP contribution is -2.58. The van der Waals surface area contributed by atoms with Gasteiger partial charge in [0.25, 0.3) is 0 Å². The maximum atomic E-state index is 14.3. The number of carbonyl (C=O) groups excluding carboxylic acids is 1. The molecule has 0 amide bonds. The Morgan fingerprint density at radius 1 is 1.05 bits per heavy atom. The van der Waals surface area contributed by atoms with Crippen LogP contribution >= 0.6 is 0 Å². The van der Waals surface area contributed by atoms with E-state index in [0.29, 0.717) is 36.8 Å². The second-order valence-corrected chi connectivity index (χ2v) is 17.0. The number of hydrogen-bond donors (Lipinski definition) is 3. The van der Waals surface area contributed by atoms with Crippen molar-refractivity contribution in [1.29, 1.82) is 0 Å². The van der Waals surface area contributed by atoms with Crippen molar-refractivity contribution >= 4 is 5.97 Å². The molecule has 6 rings (SSSR count). The maximum Gasteiger partial charge on any atom is 0.316 e. The summed E-state index contributed by atoms with van der Waals surface area (Å²) in [5.41, 5.74) is 0.162. The number of esters is 1. The van der Waals surface area contributed by atoms with Crippen molar-refractivity contribution in [2.24, 2.45) is 23.7 Å². The van der Waals surface area contributed by atoms with Gasteiger partial charge in [0.1, 0.15) is 42.7 Å². The smallest absolute Gasteiger partial charge is 0.316 e. The average Bonchev–Trinajstić information content (AvgIpc) is 3.53. The minimum Gasteiger partial charge on any atom is -0.462 e. The van der Waals surface area contributed by atoms with Crippen LogP contribution in [0, 0.1) is 23.7 Å². The molecule has 1 spiro atoms. The molecule has 0 saturated carbocycles. The number of methoxy groups -OCH3 is 1. The van der Waals surface area contributed by atoms with Gasteiger partial charge in [0.05, 0.1) is 50.3 Å². The molecule has 1 aliphatic carbocycles. The number of aliphatic hydroxyl groups excluding tert-OH is 2. The number of rotatable bonds is 10. The van der Waals surface area contributed by atoms with Crippen LogP contribution in [-0.4, -0.2) is 128 Å². The quantitative estimate of drug-likeness (QED) is 0.119. The van der Waals surface area contributed by atoms with Crippen LogP contribution < -0.4 is 0 Å². The van der Waals surface area contributed by atoms with E-state index in [-0.39, 0.29) is 68.8 Å². The van der Waals surface area contributed by atoms with E-state index >= 15 is 0 Å². The van der Waals surface area contributed by atoms with E-state index in [9.17, 15) is 15.0 Å². The molecule has 3 N–H and O–H groups in total. The topological polar surface area (TPSA) is 161 Å². The van der Waals surface area contributed by atoms with Crippen LogP contribution in [0.5, 0.6) is 0 Å². The summed E-state index contributed by atoms with van der Waals surface area (Å²) in [6.45, 7) is 14.4. The average molecular weight is 803 g/mol. The summed E-state index contributed by atoms with van der Waals surface area (Å²) in [6.07, 6.45) is 10.8. The van der Waals surface area contributed by atoms with Crippen molar-refractivity contribution in [1.82, 2.24) is 0 Å². The Kier molecular flexibility index (Phi) is 14.7.